The van der Waals surface area contributed by atoms with Crippen LogP contribution in [0.1, 0.15) is 57.8 Å². The number of hydrogen-bond acceptors (Lipinski definition) is 3. The van der Waals surface area contributed by atoms with Crippen LogP contribution in [-0.2, 0) is 14.3 Å². The zero-order chi connectivity index (χ0) is 17.2. The van der Waals surface area contributed by atoms with Crippen LogP contribution in [0.25, 0.3) is 0 Å². The predicted octanol–water partition coefficient (Wildman–Crippen LogP) is 4.16. The summed E-state index contributed by atoms with van der Waals surface area (Å²) >= 11 is 0. The van der Waals surface area contributed by atoms with Crippen LogP contribution in [0.3, 0.4) is 0 Å². The van der Waals surface area contributed by atoms with Gasteiger partial charge >= 0.3 is 5.97 Å². The summed E-state index contributed by atoms with van der Waals surface area (Å²) in [5.41, 5.74) is 0. The number of aliphatic carboxylic acids is 1. The van der Waals surface area contributed by atoms with E-state index in [9.17, 15) is 9.59 Å². The summed E-state index contributed by atoms with van der Waals surface area (Å²) in [6, 6.07) is 0. The first-order valence-corrected chi connectivity index (χ1v) is 9.33. The molecule has 2 atom stereocenters. The monoisotopic (exact) mass is 334 g/mol. The van der Waals surface area contributed by atoms with Crippen molar-refractivity contribution in [2.24, 2.45) is 17.8 Å². The van der Waals surface area contributed by atoms with Gasteiger partial charge in [-0.2, -0.15) is 0 Å². The lowest BCUT2D eigenvalue weighted by Gasteiger charge is -2.19. The highest BCUT2D eigenvalue weighted by Crippen LogP contribution is 2.28. The van der Waals surface area contributed by atoms with Crippen molar-refractivity contribution in [1.29, 1.82) is 0 Å². The van der Waals surface area contributed by atoms with Gasteiger partial charge in [0.25, 0.3) is 0 Å². The number of ether oxygens (including phenoxy) is 1. The Balaban J connectivity index is 1.71. The highest BCUT2D eigenvalue weighted by atomic mass is 16.5. The van der Waals surface area contributed by atoms with E-state index in [0.717, 1.165) is 32.3 Å². The van der Waals surface area contributed by atoms with Gasteiger partial charge < -0.3 is 9.84 Å². The Hall–Kier alpha value is -1.42. The molecule has 1 aliphatic carbocycles. The normalized spacial score (nSPS) is 25.7. The molecule has 2 aliphatic rings. The SMILES string of the molecule is O=C(O)CCCC=CC[C@H]1COC[C@H]1C=CC(=O)C1CCCCC1. The number of hydrogen-bond donors (Lipinski definition) is 1. The van der Waals surface area contributed by atoms with E-state index in [1.807, 2.05) is 0 Å². The van der Waals surface area contributed by atoms with Gasteiger partial charge in [-0.25, -0.2) is 0 Å². The number of unbranched alkanes of at least 4 members (excludes halogenated alkanes) is 1. The summed E-state index contributed by atoms with van der Waals surface area (Å²) < 4.78 is 5.58. The minimum Gasteiger partial charge on any atom is -0.481 e. The maximum Gasteiger partial charge on any atom is 0.303 e. The van der Waals surface area contributed by atoms with Gasteiger partial charge in [0.2, 0.25) is 0 Å². The average molecular weight is 334 g/mol. The summed E-state index contributed by atoms with van der Waals surface area (Å²) in [4.78, 5) is 22.7. The lowest BCUT2D eigenvalue weighted by molar-refractivity contribution is -0.137. The van der Waals surface area contributed by atoms with Crippen molar-refractivity contribution in [2.45, 2.75) is 57.8 Å². The van der Waals surface area contributed by atoms with E-state index in [1.165, 1.54) is 19.3 Å². The first kappa shape index (κ1) is 18.9. The van der Waals surface area contributed by atoms with Gasteiger partial charge in [-0.05, 0) is 44.1 Å². The Bertz CT molecular complexity index is 460. The van der Waals surface area contributed by atoms with Crippen LogP contribution in [-0.4, -0.2) is 30.1 Å². The van der Waals surface area contributed by atoms with Crippen molar-refractivity contribution in [3.05, 3.63) is 24.3 Å². The Morgan fingerprint density at radius 2 is 1.88 bits per heavy atom. The first-order chi connectivity index (χ1) is 11.7. The Labute approximate surface area is 145 Å². The van der Waals surface area contributed by atoms with Gasteiger partial charge in [-0.15, -0.1) is 0 Å². The molecule has 0 amide bonds. The quantitative estimate of drug-likeness (QED) is 0.391. The number of ketones is 1. The maximum absolute atomic E-state index is 12.3. The molecule has 4 nitrogen and oxygen atoms in total. The van der Waals surface area contributed by atoms with E-state index in [2.05, 4.69) is 18.2 Å². The zero-order valence-corrected chi connectivity index (χ0v) is 14.5. The van der Waals surface area contributed by atoms with Gasteiger partial charge in [0, 0.05) is 18.3 Å². The van der Waals surface area contributed by atoms with Gasteiger partial charge in [-0.1, -0.05) is 37.5 Å². The van der Waals surface area contributed by atoms with E-state index >= 15 is 0 Å². The summed E-state index contributed by atoms with van der Waals surface area (Å²) in [5, 5.41) is 8.60. The maximum atomic E-state index is 12.3. The molecule has 134 valence electrons. The standard InChI is InChI=1S/C20H30O4/c21-19(16-8-5-3-6-9-16)13-12-18-15-24-14-17(18)10-4-1-2-7-11-20(22)23/h1,4,12-13,16-18H,2-3,5-11,14-15H2,(H,22,23)/t17-,18+/m0/s1. The third kappa shape index (κ3) is 6.60. The van der Waals surface area contributed by atoms with E-state index in [4.69, 9.17) is 9.84 Å². The summed E-state index contributed by atoms with van der Waals surface area (Å²) in [7, 11) is 0. The van der Waals surface area contributed by atoms with Crippen molar-refractivity contribution in [1.82, 2.24) is 0 Å². The highest BCUT2D eigenvalue weighted by molar-refractivity contribution is 5.91. The summed E-state index contributed by atoms with van der Waals surface area (Å²) in [5.74, 6) is 0.548. The molecule has 4 heteroatoms. The molecule has 0 radical (unpaired) electrons. The zero-order valence-electron chi connectivity index (χ0n) is 14.5. The molecule has 0 aromatic carbocycles. The lowest BCUT2D eigenvalue weighted by Crippen LogP contribution is -2.16. The second-order valence-electron chi connectivity index (χ2n) is 7.05. The number of carboxylic acids is 1. The molecule has 0 unspecified atom stereocenters. The minimum absolute atomic E-state index is 0.228. The second kappa shape index (κ2) is 10.4. The van der Waals surface area contributed by atoms with Crippen LogP contribution in [0, 0.1) is 17.8 Å². The summed E-state index contributed by atoms with van der Waals surface area (Å²) in [6.45, 7) is 1.44. The Morgan fingerprint density at radius 3 is 2.62 bits per heavy atom. The van der Waals surface area contributed by atoms with E-state index < -0.39 is 5.97 Å². The molecule has 0 spiro atoms. The minimum atomic E-state index is -0.736. The Morgan fingerprint density at radius 1 is 1.08 bits per heavy atom. The smallest absolute Gasteiger partial charge is 0.303 e. The third-order valence-corrected chi connectivity index (χ3v) is 5.13. The molecular formula is C20H30O4. The van der Waals surface area contributed by atoms with Gasteiger partial charge in [0.15, 0.2) is 5.78 Å². The van der Waals surface area contributed by atoms with Gasteiger partial charge in [0.05, 0.1) is 13.2 Å². The molecular weight excluding hydrogens is 304 g/mol. The van der Waals surface area contributed by atoms with Crippen LogP contribution in [0.15, 0.2) is 24.3 Å². The van der Waals surface area contributed by atoms with E-state index in [0.29, 0.717) is 30.6 Å². The van der Waals surface area contributed by atoms with E-state index in [-0.39, 0.29) is 12.3 Å². The van der Waals surface area contributed by atoms with Crippen LogP contribution < -0.4 is 0 Å². The number of allylic oxidation sites excluding steroid dienone is 3. The number of rotatable bonds is 9. The molecule has 24 heavy (non-hydrogen) atoms. The van der Waals surface area contributed by atoms with Crippen molar-refractivity contribution >= 4 is 11.8 Å². The average Bonchev–Trinajstić information content (AvgIpc) is 3.03. The molecule has 0 aromatic rings. The van der Waals surface area contributed by atoms with Crippen molar-refractivity contribution in [3.8, 4) is 0 Å². The van der Waals surface area contributed by atoms with Crippen LogP contribution >= 0.6 is 0 Å². The lowest BCUT2D eigenvalue weighted by atomic mass is 9.85. The van der Waals surface area contributed by atoms with Crippen molar-refractivity contribution < 1.29 is 19.4 Å². The Kier molecular flexibility index (Phi) is 8.23. The number of carboxylic acid groups (broad SMARTS) is 1. The predicted molar refractivity (Wildman–Crippen MR) is 93.8 cm³/mol. The molecule has 0 bridgehead atoms. The van der Waals surface area contributed by atoms with Crippen molar-refractivity contribution in [2.75, 3.05) is 13.2 Å². The van der Waals surface area contributed by atoms with Crippen molar-refractivity contribution in [3.63, 3.8) is 0 Å². The van der Waals surface area contributed by atoms with Gasteiger partial charge in [-0.3, -0.25) is 9.59 Å². The first-order valence-electron chi connectivity index (χ1n) is 9.33. The molecule has 0 aromatic heterocycles. The van der Waals surface area contributed by atoms with Crippen LogP contribution in [0.2, 0.25) is 0 Å². The number of carbonyl (C=O) groups is 2. The molecule has 2 rings (SSSR count). The topological polar surface area (TPSA) is 63.6 Å². The highest BCUT2D eigenvalue weighted by Gasteiger charge is 2.26. The largest absolute Gasteiger partial charge is 0.481 e. The molecule has 1 N–H and O–H groups in total. The molecule has 2 fully saturated rings. The molecule has 1 saturated carbocycles. The molecule has 1 saturated heterocycles. The summed E-state index contributed by atoms with van der Waals surface area (Å²) in [6.07, 6.45) is 16.5. The second-order valence-corrected chi connectivity index (χ2v) is 7.05. The molecule has 1 aliphatic heterocycles. The van der Waals surface area contributed by atoms with Gasteiger partial charge in [0.1, 0.15) is 0 Å². The fourth-order valence-corrected chi connectivity index (χ4v) is 3.57. The third-order valence-electron chi connectivity index (χ3n) is 5.13. The van der Waals surface area contributed by atoms with Crippen LogP contribution in [0.5, 0.6) is 0 Å². The fourth-order valence-electron chi connectivity index (χ4n) is 3.57. The molecule has 1 heterocycles. The van der Waals surface area contributed by atoms with E-state index in [1.54, 1.807) is 6.08 Å². The van der Waals surface area contributed by atoms with Crippen LogP contribution in [0.4, 0.5) is 0 Å². The fraction of sp³-hybridized carbons (Fsp3) is 0.700. The number of carbonyl (C=O) groups excluding carboxylic acids is 1.